The first-order valence-corrected chi connectivity index (χ1v) is 11.1. The Bertz CT molecular complexity index is 1300. The quantitative estimate of drug-likeness (QED) is 0.389. The SMILES string of the molecule is Nc1ncnc2c1c(-c1cccc(OCc3ccccc3)c1)c(Br)n2[C@H]1C[C@H](C(=O)O)C1. The molecule has 0 amide bonds. The van der Waals surface area contributed by atoms with Gasteiger partial charge in [0.25, 0.3) is 0 Å². The molecule has 0 atom stereocenters. The fourth-order valence-corrected chi connectivity index (χ4v) is 5.09. The first-order chi connectivity index (χ1) is 15.5. The number of anilines is 1. The molecular formula is C24H21BrN4O3. The van der Waals surface area contributed by atoms with Crippen molar-refractivity contribution in [3.63, 3.8) is 0 Å². The van der Waals surface area contributed by atoms with Crippen molar-refractivity contribution in [1.82, 2.24) is 14.5 Å². The van der Waals surface area contributed by atoms with Crippen LogP contribution in [0.4, 0.5) is 5.82 Å². The Hall–Kier alpha value is -3.39. The molecule has 32 heavy (non-hydrogen) atoms. The number of hydrogen-bond acceptors (Lipinski definition) is 5. The zero-order valence-electron chi connectivity index (χ0n) is 17.1. The fourth-order valence-electron chi connectivity index (χ4n) is 4.21. The summed E-state index contributed by atoms with van der Waals surface area (Å²) < 4.78 is 8.87. The van der Waals surface area contributed by atoms with Gasteiger partial charge in [-0.05, 0) is 52.0 Å². The highest BCUT2D eigenvalue weighted by Gasteiger charge is 2.38. The van der Waals surface area contributed by atoms with Crippen molar-refractivity contribution in [2.45, 2.75) is 25.5 Å². The third-order valence-corrected chi connectivity index (χ3v) is 6.73. The Morgan fingerprint density at radius 2 is 1.94 bits per heavy atom. The van der Waals surface area contributed by atoms with Crippen molar-refractivity contribution in [2.75, 3.05) is 5.73 Å². The summed E-state index contributed by atoms with van der Waals surface area (Å²) in [4.78, 5) is 20.0. The summed E-state index contributed by atoms with van der Waals surface area (Å²) >= 11 is 3.75. The van der Waals surface area contributed by atoms with Crippen LogP contribution in [0.3, 0.4) is 0 Å². The predicted octanol–water partition coefficient (Wildman–Crippen LogP) is 5.06. The molecule has 0 bridgehead atoms. The Morgan fingerprint density at radius 1 is 1.16 bits per heavy atom. The van der Waals surface area contributed by atoms with Gasteiger partial charge in [0.15, 0.2) is 0 Å². The second-order valence-corrected chi connectivity index (χ2v) is 8.71. The Labute approximate surface area is 193 Å². The number of fused-ring (bicyclic) bond motifs is 1. The van der Waals surface area contributed by atoms with Gasteiger partial charge in [0.1, 0.15) is 30.1 Å². The number of hydrogen-bond donors (Lipinski definition) is 2. The summed E-state index contributed by atoms with van der Waals surface area (Å²) in [6.07, 6.45) is 2.56. The topological polar surface area (TPSA) is 103 Å². The summed E-state index contributed by atoms with van der Waals surface area (Å²) in [6, 6.07) is 17.9. The highest BCUT2D eigenvalue weighted by molar-refractivity contribution is 9.10. The Morgan fingerprint density at radius 3 is 2.69 bits per heavy atom. The number of halogens is 1. The maximum atomic E-state index is 11.3. The summed E-state index contributed by atoms with van der Waals surface area (Å²) in [5, 5.41) is 10.0. The van der Waals surface area contributed by atoms with Crippen LogP contribution in [-0.2, 0) is 11.4 Å². The Kier molecular flexibility index (Phi) is 5.30. The summed E-state index contributed by atoms with van der Waals surface area (Å²) in [5.74, 6) is 0.0338. The number of carbonyl (C=O) groups is 1. The first kappa shape index (κ1) is 20.5. The average Bonchev–Trinajstić information content (AvgIpc) is 3.05. The van der Waals surface area contributed by atoms with Crippen molar-refractivity contribution < 1.29 is 14.6 Å². The van der Waals surface area contributed by atoms with Crippen molar-refractivity contribution in [3.8, 4) is 16.9 Å². The fraction of sp³-hybridized carbons (Fsp3) is 0.208. The van der Waals surface area contributed by atoms with Gasteiger partial charge in [-0.2, -0.15) is 0 Å². The highest BCUT2D eigenvalue weighted by atomic mass is 79.9. The zero-order chi connectivity index (χ0) is 22.2. The number of benzene rings is 2. The molecule has 162 valence electrons. The van der Waals surface area contributed by atoms with E-state index in [1.165, 1.54) is 6.33 Å². The molecule has 0 radical (unpaired) electrons. The van der Waals surface area contributed by atoms with Gasteiger partial charge in [-0.3, -0.25) is 4.79 Å². The molecule has 0 aliphatic heterocycles. The van der Waals surface area contributed by atoms with Crippen molar-refractivity contribution in [1.29, 1.82) is 0 Å². The molecule has 2 aromatic heterocycles. The van der Waals surface area contributed by atoms with Gasteiger partial charge in [0.05, 0.1) is 15.9 Å². The molecule has 0 unspecified atom stereocenters. The van der Waals surface area contributed by atoms with Gasteiger partial charge in [-0.15, -0.1) is 0 Å². The largest absolute Gasteiger partial charge is 0.489 e. The molecule has 2 heterocycles. The van der Waals surface area contributed by atoms with Crippen LogP contribution in [-0.4, -0.2) is 25.6 Å². The molecule has 1 aliphatic rings. The second-order valence-electron chi connectivity index (χ2n) is 7.96. The third-order valence-electron chi connectivity index (χ3n) is 5.95. The smallest absolute Gasteiger partial charge is 0.306 e. The van der Waals surface area contributed by atoms with Crippen LogP contribution in [0, 0.1) is 5.92 Å². The first-order valence-electron chi connectivity index (χ1n) is 10.3. The minimum absolute atomic E-state index is 0.0357. The number of aliphatic carboxylic acids is 1. The van der Waals surface area contributed by atoms with Gasteiger partial charge in [0.2, 0.25) is 0 Å². The van der Waals surface area contributed by atoms with E-state index >= 15 is 0 Å². The van der Waals surface area contributed by atoms with E-state index in [0.29, 0.717) is 30.9 Å². The lowest BCUT2D eigenvalue weighted by Gasteiger charge is -2.34. The number of nitrogen functional groups attached to an aromatic ring is 1. The van der Waals surface area contributed by atoms with Crippen molar-refractivity contribution in [3.05, 3.63) is 71.1 Å². The van der Waals surface area contributed by atoms with E-state index in [9.17, 15) is 9.90 Å². The van der Waals surface area contributed by atoms with E-state index in [-0.39, 0.29) is 12.0 Å². The number of ether oxygens (including phenoxy) is 1. The van der Waals surface area contributed by atoms with Crippen LogP contribution in [0.2, 0.25) is 0 Å². The summed E-state index contributed by atoms with van der Waals surface area (Å²) in [7, 11) is 0. The lowest BCUT2D eigenvalue weighted by atomic mass is 9.80. The molecule has 2 aromatic carbocycles. The summed E-state index contributed by atoms with van der Waals surface area (Å²) in [6.45, 7) is 0.469. The predicted molar refractivity (Wildman–Crippen MR) is 125 cm³/mol. The lowest BCUT2D eigenvalue weighted by Crippen LogP contribution is -2.32. The molecule has 0 spiro atoms. The molecule has 8 heteroatoms. The zero-order valence-corrected chi connectivity index (χ0v) is 18.7. The molecule has 5 rings (SSSR count). The van der Waals surface area contributed by atoms with E-state index < -0.39 is 5.97 Å². The average molecular weight is 493 g/mol. The van der Waals surface area contributed by atoms with Crippen LogP contribution >= 0.6 is 15.9 Å². The second kappa shape index (κ2) is 8.27. The number of carboxylic acids is 1. The number of nitrogens with zero attached hydrogens (tertiary/aromatic N) is 3. The van der Waals surface area contributed by atoms with Gasteiger partial charge < -0.3 is 20.1 Å². The minimum Gasteiger partial charge on any atom is -0.489 e. The third kappa shape index (κ3) is 3.60. The van der Waals surface area contributed by atoms with E-state index in [0.717, 1.165) is 32.4 Å². The van der Waals surface area contributed by atoms with Gasteiger partial charge in [-0.1, -0.05) is 42.5 Å². The number of carboxylic acid groups (broad SMARTS) is 1. The van der Waals surface area contributed by atoms with Crippen LogP contribution in [0.25, 0.3) is 22.2 Å². The highest BCUT2D eigenvalue weighted by Crippen LogP contribution is 2.47. The standard InChI is InChI=1S/C24H21BrN4O3/c25-21-19(15-7-4-8-18(11-15)32-12-14-5-2-1-3-6-14)20-22(26)27-13-28-23(20)29(21)17-9-16(10-17)24(30)31/h1-8,11,13,16-17H,9-10,12H2,(H,30,31)(H2,26,27,28)/t16-,17-. The molecule has 3 N–H and O–H groups in total. The van der Waals surface area contributed by atoms with E-state index in [4.69, 9.17) is 10.5 Å². The molecule has 1 saturated carbocycles. The monoisotopic (exact) mass is 492 g/mol. The molecular weight excluding hydrogens is 472 g/mol. The summed E-state index contributed by atoms with van der Waals surface area (Å²) in [5.41, 5.74) is 9.86. The maximum Gasteiger partial charge on any atom is 0.306 e. The number of aromatic nitrogens is 3. The Balaban J connectivity index is 1.53. The molecule has 4 aromatic rings. The number of rotatable bonds is 6. The van der Waals surface area contributed by atoms with E-state index in [1.807, 2.05) is 59.2 Å². The van der Waals surface area contributed by atoms with Gasteiger partial charge >= 0.3 is 5.97 Å². The molecule has 0 saturated heterocycles. The molecule has 7 nitrogen and oxygen atoms in total. The molecule has 1 fully saturated rings. The van der Waals surface area contributed by atoms with Crippen LogP contribution < -0.4 is 10.5 Å². The number of nitrogens with two attached hydrogens (primary N) is 1. The maximum absolute atomic E-state index is 11.3. The van der Waals surface area contributed by atoms with E-state index in [2.05, 4.69) is 25.9 Å². The normalized spacial score (nSPS) is 17.8. The molecule has 1 aliphatic carbocycles. The van der Waals surface area contributed by atoms with Crippen LogP contribution in [0.1, 0.15) is 24.4 Å². The van der Waals surface area contributed by atoms with E-state index in [1.54, 1.807) is 0 Å². The lowest BCUT2D eigenvalue weighted by molar-refractivity contribution is -0.145. The van der Waals surface area contributed by atoms with Crippen molar-refractivity contribution in [2.24, 2.45) is 5.92 Å². The minimum atomic E-state index is -0.758. The van der Waals surface area contributed by atoms with Crippen molar-refractivity contribution >= 4 is 38.8 Å². The van der Waals surface area contributed by atoms with Gasteiger partial charge in [-0.25, -0.2) is 9.97 Å². The van der Waals surface area contributed by atoms with Crippen LogP contribution in [0.5, 0.6) is 5.75 Å². The van der Waals surface area contributed by atoms with Gasteiger partial charge in [0, 0.05) is 11.6 Å². The van der Waals surface area contributed by atoms with Crippen LogP contribution in [0.15, 0.2) is 65.5 Å².